The molecular weight excluding hydrogens is 254 g/mol. The van der Waals surface area contributed by atoms with Crippen LogP contribution in [0.25, 0.3) is 0 Å². The Balaban J connectivity index is 0. The molecule has 0 fully saturated rings. The molecule has 0 bridgehead atoms. The van der Waals surface area contributed by atoms with Crippen LogP contribution in [0.2, 0.25) is 0 Å². The Morgan fingerprint density at radius 3 is 1.44 bits per heavy atom. The van der Waals surface area contributed by atoms with Crippen molar-refractivity contribution in [1.29, 1.82) is 0 Å². The first-order chi connectivity index (χ1) is 7.02. The van der Waals surface area contributed by atoms with E-state index in [1.807, 2.05) is 0 Å². The first-order valence-electron chi connectivity index (χ1n) is 5.77. The van der Waals surface area contributed by atoms with Gasteiger partial charge in [-0.2, -0.15) is 0 Å². The van der Waals surface area contributed by atoms with Crippen molar-refractivity contribution in [2.45, 2.75) is 52.4 Å². The van der Waals surface area contributed by atoms with E-state index in [1.54, 1.807) is 0 Å². The Labute approximate surface area is 124 Å². The molecule has 0 heterocycles. The van der Waals surface area contributed by atoms with Crippen LogP contribution in [0, 0.1) is 0 Å². The van der Waals surface area contributed by atoms with Gasteiger partial charge in [0.2, 0.25) is 0 Å². The molecule has 3 nitrogen and oxygen atoms in total. The zero-order valence-electron chi connectivity index (χ0n) is 9.85. The summed E-state index contributed by atoms with van der Waals surface area (Å²) in [5.74, 6) is 1.55. The molecule has 0 aliphatic rings. The van der Waals surface area contributed by atoms with Crippen LogP contribution in [-0.4, -0.2) is 55.7 Å². The molecule has 0 radical (unpaired) electrons. The monoisotopic (exact) mass is 280 g/mol. The van der Waals surface area contributed by atoms with Crippen LogP contribution in [0.15, 0.2) is 0 Å². The van der Waals surface area contributed by atoms with Gasteiger partial charge in [0.05, 0.1) is 0 Å². The molecule has 0 aliphatic carbocycles. The topological polar surface area (TPSA) is 60.7 Å². The van der Waals surface area contributed by atoms with Crippen molar-refractivity contribution in [3.63, 3.8) is 0 Å². The average molecular weight is 280 g/mol. The molecule has 6 heteroatoms. The van der Waals surface area contributed by atoms with E-state index < -0.39 is 16.8 Å². The van der Waals surface area contributed by atoms with Crippen molar-refractivity contribution in [2.24, 2.45) is 0 Å². The van der Waals surface area contributed by atoms with Crippen molar-refractivity contribution < 1.29 is 14.7 Å². The summed E-state index contributed by atoms with van der Waals surface area (Å²) >= 11 is 0. The zero-order chi connectivity index (χ0) is 11.7. The summed E-state index contributed by atoms with van der Waals surface area (Å²) in [6.07, 6.45) is 6.46. The molecule has 3 N–H and O–H groups in total. The number of unbranched alkanes of at least 4 members (excludes halogenated alkanes) is 4. The second kappa shape index (κ2) is 11.7. The fourth-order valence-corrected chi connectivity index (χ4v) is 5.40. The fraction of sp³-hybridized carbons (Fsp3) is 1.00. The van der Waals surface area contributed by atoms with Crippen LogP contribution in [0.4, 0.5) is 0 Å². The summed E-state index contributed by atoms with van der Waals surface area (Å²) in [6.45, 7) is 0.660. The van der Waals surface area contributed by atoms with Gasteiger partial charge in [0.15, 0.2) is 0 Å². The van der Waals surface area contributed by atoms with Crippen LogP contribution in [0.5, 0.6) is 0 Å². The summed E-state index contributed by atoms with van der Waals surface area (Å²) in [6, 6.07) is 0. The number of hydrogen-bond acceptors (Lipinski definition) is 0. The molecule has 0 unspecified atom stereocenters. The van der Waals surface area contributed by atoms with E-state index in [0.717, 1.165) is 50.0 Å². The Kier molecular flexibility index (Phi) is 14.7. The Hall–Kier alpha value is 1.66. The molecule has 0 atom stereocenters. The predicted octanol–water partition coefficient (Wildman–Crippen LogP) is 1.99. The maximum absolute atomic E-state index is 9.31. The van der Waals surface area contributed by atoms with Gasteiger partial charge in [0, 0.05) is 0 Å². The minimum atomic E-state index is -3.58. The molecule has 0 aromatic rings. The summed E-state index contributed by atoms with van der Waals surface area (Å²) in [4.78, 5) is 27.9. The van der Waals surface area contributed by atoms with Gasteiger partial charge in [0.1, 0.15) is 0 Å². The fourth-order valence-electron chi connectivity index (χ4n) is 1.38. The minimum absolute atomic E-state index is 0. The predicted molar refractivity (Wildman–Crippen MR) is 76.9 cm³/mol. The summed E-state index contributed by atoms with van der Waals surface area (Å²) in [5, 5.41) is 0. The molecule has 0 amide bonds. The molecule has 0 aliphatic heterocycles. The van der Waals surface area contributed by atoms with E-state index in [-0.39, 0.29) is 29.6 Å². The van der Waals surface area contributed by atoms with Gasteiger partial charge in [-0.1, -0.05) is 39.5 Å². The van der Waals surface area contributed by atoms with Crippen molar-refractivity contribution in [1.82, 2.24) is 0 Å². The van der Waals surface area contributed by atoms with Crippen LogP contribution in [0.3, 0.4) is 0 Å². The van der Waals surface area contributed by atoms with Gasteiger partial charge in [-0.05, 0) is 24.3 Å². The van der Waals surface area contributed by atoms with E-state index in [0.29, 0.717) is 0 Å². The van der Waals surface area contributed by atoms with Crippen molar-refractivity contribution in [3.05, 3.63) is 0 Å². The maximum atomic E-state index is 9.31. The third-order valence-electron chi connectivity index (χ3n) is 2.31. The second-order valence-corrected chi connectivity index (χ2v) is 9.58. The first-order valence-corrected chi connectivity index (χ1v) is 9.59. The number of rotatable bonds is 8. The van der Waals surface area contributed by atoms with E-state index in [9.17, 15) is 14.7 Å². The van der Waals surface area contributed by atoms with Crippen molar-refractivity contribution in [2.75, 3.05) is 11.5 Å². The molecule has 16 heavy (non-hydrogen) atoms. The normalized spacial score (nSPS) is 11.6. The second-order valence-electron chi connectivity index (χ2n) is 3.80. The quantitative estimate of drug-likeness (QED) is 0.362. The van der Waals surface area contributed by atoms with Gasteiger partial charge in [-0.3, -0.25) is 0 Å². The van der Waals surface area contributed by atoms with Crippen LogP contribution in [-0.2, 0) is 10.1 Å². The van der Waals surface area contributed by atoms with Gasteiger partial charge in [-0.25, -0.2) is 0 Å². The van der Waals surface area contributed by atoms with E-state index in [4.69, 9.17) is 0 Å². The van der Waals surface area contributed by atoms with Gasteiger partial charge < -0.3 is 14.7 Å². The van der Waals surface area contributed by atoms with E-state index >= 15 is 0 Å². The van der Waals surface area contributed by atoms with Crippen LogP contribution < -0.4 is 0 Å². The van der Waals surface area contributed by atoms with E-state index in [2.05, 4.69) is 13.8 Å². The molecule has 0 aromatic heterocycles. The summed E-state index contributed by atoms with van der Waals surface area (Å²) < 4.78 is 0. The zero-order valence-corrected chi connectivity index (χ0v) is 11.6. The molecule has 0 spiro atoms. The van der Waals surface area contributed by atoms with Crippen molar-refractivity contribution >= 4 is 46.3 Å². The SMILES string of the molecule is CCCCCS(CCCCC)=P(O)(O)O.[NaH]. The molecule has 0 aromatic carbocycles. The third kappa shape index (κ3) is 10.8. The molecule has 0 saturated carbocycles. The van der Waals surface area contributed by atoms with Crippen LogP contribution in [0.1, 0.15) is 52.4 Å². The third-order valence-corrected chi connectivity index (χ3v) is 7.70. The Morgan fingerprint density at radius 2 is 1.19 bits per heavy atom. The first kappa shape index (κ1) is 20.0. The van der Waals surface area contributed by atoms with Crippen LogP contribution >= 0.6 is 6.72 Å². The molecule has 96 valence electrons. The summed E-state index contributed by atoms with van der Waals surface area (Å²) in [7, 11) is -0.567. The van der Waals surface area contributed by atoms with Gasteiger partial charge >= 0.3 is 29.6 Å². The Bertz CT molecular complexity index is 198. The molecule has 0 rings (SSSR count). The number of hydrogen-bond donors (Lipinski definition) is 3. The van der Waals surface area contributed by atoms with Crippen molar-refractivity contribution in [3.8, 4) is 0 Å². The van der Waals surface area contributed by atoms with Gasteiger partial charge in [-0.15, -0.1) is 10.1 Å². The molecular formula is C10H26NaO3PS. The van der Waals surface area contributed by atoms with Gasteiger partial charge in [0.25, 0.3) is 6.72 Å². The van der Waals surface area contributed by atoms with E-state index in [1.165, 1.54) is 0 Å². The standard InChI is InChI=1S/C10H25O3PS.Na.H/c1-3-5-7-9-15(14(11,12)13)10-8-6-4-2;;/h11-13H,3-10H2,1-2H3;;. The average Bonchev–Trinajstić information content (AvgIpc) is 2.14. The molecule has 0 saturated heterocycles. The Morgan fingerprint density at radius 1 is 0.812 bits per heavy atom. The summed E-state index contributed by atoms with van der Waals surface area (Å²) in [5.41, 5.74) is 0.